The highest BCUT2D eigenvalue weighted by Gasteiger charge is 2.24. The van der Waals surface area contributed by atoms with Crippen LogP contribution >= 0.6 is 11.6 Å². The van der Waals surface area contributed by atoms with E-state index < -0.39 is 0 Å². The fraction of sp³-hybridized carbons (Fsp3) is 0.818. The van der Waals surface area contributed by atoms with Crippen molar-refractivity contribution in [1.82, 2.24) is 10.2 Å². The summed E-state index contributed by atoms with van der Waals surface area (Å²) in [6.45, 7) is 5.27. The summed E-state index contributed by atoms with van der Waals surface area (Å²) in [5.74, 6) is 0.122. The summed E-state index contributed by atoms with van der Waals surface area (Å²) in [7, 11) is 0. The van der Waals surface area contributed by atoms with Gasteiger partial charge in [0.2, 0.25) is 11.8 Å². The zero-order valence-electron chi connectivity index (χ0n) is 9.83. The van der Waals surface area contributed by atoms with Gasteiger partial charge in [0.25, 0.3) is 0 Å². The van der Waals surface area contributed by atoms with Crippen molar-refractivity contribution in [3.8, 4) is 0 Å². The Balaban J connectivity index is 2.34. The first-order valence-electron chi connectivity index (χ1n) is 5.68. The molecule has 0 aromatic rings. The Morgan fingerprint density at radius 3 is 2.38 bits per heavy atom. The van der Waals surface area contributed by atoms with Crippen LogP contribution in [0.1, 0.15) is 26.7 Å². The zero-order chi connectivity index (χ0) is 12.1. The molecule has 1 aliphatic heterocycles. The second-order valence-electron chi connectivity index (χ2n) is 4.46. The number of hydrogen-bond acceptors (Lipinski definition) is 2. The van der Waals surface area contributed by atoms with Crippen molar-refractivity contribution >= 4 is 23.4 Å². The average Bonchev–Trinajstić information content (AvgIpc) is 2.28. The van der Waals surface area contributed by atoms with Crippen molar-refractivity contribution in [2.24, 2.45) is 5.92 Å². The van der Waals surface area contributed by atoms with Crippen molar-refractivity contribution < 1.29 is 9.59 Å². The number of nitrogens with one attached hydrogen (secondary N) is 1. The molecule has 0 saturated carbocycles. The van der Waals surface area contributed by atoms with Gasteiger partial charge in [0.15, 0.2) is 0 Å². The quantitative estimate of drug-likeness (QED) is 0.755. The molecule has 0 atom stereocenters. The first-order chi connectivity index (χ1) is 7.54. The van der Waals surface area contributed by atoms with Gasteiger partial charge in [0, 0.05) is 25.0 Å². The van der Waals surface area contributed by atoms with Crippen LogP contribution in [0.5, 0.6) is 0 Å². The number of nitrogens with zero attached hydrogens (tertiary/aromatic N) is 1. The molecule has 16 heavy (non-hydrogen) atoms. The lowest BCUT2D eigenvalue weighted by molar-refractivity contribution is -0.135. The topological polar surface area (TPSA) is 49.4 Å². The van der Waals surface area contributed by atoms with Crippen LogP contribution in [0.15, 0.2) is 0 Å². The van der Waals surface area contributed by atoms with Gasteiger partial charge in [-0.25, -0.2) is 0 Å². The van der Waals surface area contributed by atoms with E-state index in [0.29, 0.717) is 0 Å². The molecule has 0 aliphatic carbocycles. The fourth-order valence-electron chi connectivity index (χ4n) is 1.88. The van der Waals surface area contributed by atoms with Crippen molar-refractivity contribution in [1.29, 1.82) is 0 Å². The Morgan fingerprint density at radius 2 is 1.94 bits per heavy atom. The third-order valence-corrected chi connectivity index (χ3v) is 3.03. The smallest absolute Gasteiger partial charge is 0.235 e. The van der Waals surface area contributed by atoms with E-state index in [0.717, 1.165) is 25.9 Å². The molecule has 1 heterocycles. The lowest BCUT2D eigenvalue weighted by Crippen LogP contribution is -2.47. The molecule has 1 fully saturated rings. The number of halogens is 1. The maximum absolute atomic E-state index is 11.7. The number of alkyl halides is 1. The van der Waals surface area contributed by atoms with E-state index >= 15 is 0 Å². The van der Waals surface area contributed by atoms with Gasteiger partial charge in [0.05, 0.1) is 0 Å². The minimum Gasteiger partial charge on any atom is -0.352 e. The highest BCUT2D eigenvalue weighted by molar-refractivity contribution is 6.27. The summed E-state index contributed by atoms with van der Waals surface area (Å²) in [5, 5.41) is 2.85. The second kappa shape index (κ2) is 6.09. The number of carbonyl (C=O) groups is 2. The SMILES string of the molecule is CC(C)C(=O)N1CCC(NC(=O)CCl)CC1. The highest BCUT2D eigenvalue weighted by Crippen LogP contribution is 2.13. The van der Waals surface area contributed by atoms with Gasteiger partial charge < -0.3 is 10.2 Å². The minimum absolute atomic E-state index is 0.00510. The molecule has 0 radical (unpaired) electrons. The molecular weight excluding hydrogens is 228 g/mol. The van der Waals surface area contributed by atoms with Crippen LogP contribution in [0.2, 0.25) is 0 Å². The van der Waals surface area contributed by atoms with Gasteiger partial charge in [-0.3, -0.25) is 9.59 Å². The lowest BCUT2D eigenvalue weighted by Gasteiger charge is -2.33. The van der Waals surface area contributed by atoms with Crippen molar-refractivity contribution in [2.45, 2.75) is 32.7 Å². The van der Waals surface area contributed by atoms with Crippen molar-refractivity contribution in [3.63, 3.8) is 0 Å². The first-order valence-corrected chi connectivity index (χ1v) is 6.22. The van der Waals surface area contributed by atoms with E-state index in [-0.39, 0.29) is 29.7 Å². The van der Waals surface area contributed by atoms with Gasteiger partial charge in [-0.15, -0.1) is 11.6 Å². The number of carbonyl (C=O) groups excluding carboxylic acids is 2. The van der Waals surface area contributed by atoms with E-state index in [4.69, 9.17) is 11.6 Å². The largest absolute Gasteiger partial charge is 0.352 e. The van der Waals surface area contributed by atoms with Crippen LogP contribution in [0.3, 0.4) is 0 Å². The van der Waals surface area contributed by atoms with Crippen LogP contribution < -0.4 is 5.32 Å². The fourth-order valence-corrected chi connectivity index (χ4v) is 1.95. The van der Waals surface area contributed by atoms with Crippen molar-refractivity contribution in [3.05, 3.63) is 0 Å². The van der Waals surface area contributed by atoms with E-state index in [1.54, 1.807) is 0 Å². The highest BCUT2D eigenvalue weighted by atomic mass is 35.5. The molecule has 1 N–H and O–H groups in total. The van der Waals surface area contributed by atoms with E-state index in [9.17, 15) is 9.59 Å². The number of piperidine rings is 1. The molecule has 0 unspecified atom stereocenters. The summed E-state index contributed by atoms with van der Waals surface area (Å²) in [4.78, 5) is 24.6. The Labute approximate surface area is 101 Å². The third-order valence-electron chi connectivity index (χ3n) is 2.79. The van der Waals surface area contributed by atoms with Crippen LogP contribution in [0, 0.1) is 5.92 Å². The van der Waals surface area contributed by atoms with Crippen LogP contribution in [-0.2, 0) is 9.59 Å². The van der Waals surface area contributed by atoms with Crippen LogP contribution in [0.25, 0.3) is 0 Å². The van der Waals surface area contributed by atoms with E-state index in [1.807, 2.05) is 18.7 Å². The standard InChI is InChI=1S/C11H19ClN2O2/c1-8(2)11(16)14-5-3-9(4-6-14)13-10(15)7-12/h8-9H,3-7H2,1-2H3,(H,13,15). The summed E-state index contributed by atoms with van der Waals surface area (Å²) >= 11 is 5.42. The van der Waals surface area contributed by atoms with Gasteiger partial charge in [0.1, 0.15) is 5.88 Å². The maximum Gasteiger partial charge on any atom is 0.235 e. The molecule has 1 aliphatic rings. The zero-order valence-corrected chi connectivity index (χ0v) is 10.6. The van der Waals surface area contributed by atoms with Gasteiger partial charge in [-0.1, -0.05) is 13.8 Å². The van der Waals surface area contributed by atoms with Crippen LogP contribution in [-0.4, -0.2) is 41.7 Å². The first kappa shape index (κ1) is 13.3. The molecule has 2 amide bonds. The van der Waals surface area contributed by atoms with E-state index in [1.165, 1.54) is 0 Å². The number of amides is 2. The third kappa shape index (κ3) is 3.67. The number of hydrogen-bond donors (Lipinski definition) is 1. The van der Waals surface area contributed by atoms with Gasteiger partial charge in [-0.2, -0.15) is 0 Å². The molecule has 1 saturated heterocycles. The Morgan fingerprint density at radius 1 is 1.38 bits per heavy atom. The predicted molar refractivity (Wildman–Crippen MR) is 63.3 cm³/mol. The lowest BCUT2D eigenvalue weighted by atomic mass is 10.0. The van der Waals surface area contributed by atoms with Gasteiger partial charge in [-0.05, 0) is 12.8 Å². The van der Waals surface area contributed by atoms with E-state index in [2.05, 4.69) is 5.32 Å². The molecule has 1 rings (SSSR count). The molecule has 0 spiro atoms. The Kier molecular flexibility index (Phi) is 5.06. The van der Waals surface area contributed by atoms with Crippen LogP contribution in [0.4, 0.5) is 0 Å². The average molecular weight is 247 g/mol. The van der Waals surface area contributed by atoms with Gasteiger partial charge >= 0.3 is 0 Å². The molecule has 4 nitrogen and oxygen atoms in total. The predicted octanol–water partition coefficient (Wildman–Crippen LogP) is 0.988. The monoisotopic (exact) mass is 246 g/mol. The molecule has 0 aromatic heterocycles. The second-order valence-corrected chi connectivity index (χ2v) is 4.72. The Hall–Kier alpha value is -0.770. The van der Waals surface area contributed by atoms with Crippen molar-refractivity contribution in [2.75, 3.05) is 19.0 Å². The number of rotatable bonds is 3. The molecule has 0 bridgehead atoms. The summed E-state index contributed by atoms with van der Waals surface area (Å²) < 4.78 is 0. The number of likely N-dealkylation sites (tertiary alicyclic amines) is 1. The molecule has 92 valence electrons. The molecular formula is C11H19ClN2O2. The normalized spacial score (nSPS) is 17.6. The molecule has 5 heteroatoms. The molecule has 0 aromatic carbocycles. The Bertz CT molecular complexity index is 261. The summed E-state index contributed by atoms with van der Waals surface area (Å²) in [6, 6.07) is 0.169. The summed E-state index contributed by atoms with van der Waals surface area (Å²) in [5.41, 5.74) is 0. The summed E-state index contributed by atoms with van der Waals surface area (Å²) in [6.07, 6.45) is 1.64. The maximum atomic E-state index is 11.7. The minimum atomic E-state index is -0.129.